The Hall–Kier alpha value is -2.99. The first-order chi connectivity index (χ1) is 12.0. The van der Waals surface area contributed by atoms with Crippen molar-refractivity contribution in [1.82, 2.24) is 9.88 Å². The third-order valence-corrected chi connectivity index (χ3v) is 4.00. The van der Waals surface area contributed by atoms with Crippen molar-refractivity contribution >= 4 is 40.6 Å². The monoisotopic (exact) mass is 355 g/mol. The third kappa shape index (κ3) is 3.44. The smallest absolute Gasteiger partial charge is 0.273 e. The van der Waals surface area contributed by atoms with Crippen molar-refractivity contribution in [3.05, 3.63) is 65.0 Å². The van der Waals surface area contributed by atoms with Crippen molar-refractivity contribution < 1.29 is 14.4 Å². The summed E-state index contributed by atoms with van der Waals surface area (Å²) in [6.45, 7) is 1.46. The molecule has 1 aliphatic heterocycles. The van der Waals surface area contributed by atoms with E-state index in [1.165, 1.54) is 6.92 Å². The summed E-state index contributed by atoms with van der Waals surface area (Å²) in [5.41, 5.74) is 1.85. The molecule has 0 atom stereocenters. The number of pyridine rings is 1. The van der Waals surface area contributed by atoms with E-state index in [2.05, 4.69) is 10.3 Å². The first-order valence-corrected chi connectivity index (χ1v) is 7.89. The SMILES string of the molecule is CC(=O)Nc1ccc(C2=C(Cl)C(=O)N(Cc3ccccn3)C2=O)cc1. The second kappa shape index (κ2) is 6.86. The highest BCUT2D eigenvalue weighted by molar-refractivity contribution is 6.55. The molecule has 3 amide bonds. The molecule has 2 heterocycles. The lowest BCUT2D eigenvalue weighted by Gasteiger charge is -2.14. The molecule has 0 saturated heterocycles. The van der Waals surface area contributed by atoms with Gasteiger partial charge in [-0.15, -0.1) is 0 Å². The zero-order valence-corrected chi connectivity index (χ0v) is 14.1. The van der Waals surface area contributed by atoms with Crippen molar-refractivity contribution in [3.63, 3.8) is 0 Å². The van der Waals surface area contributed by atoms with Gasteiger partial charge in [-0.25, -0.2) is 0 Å². The van der Waals surface area contributed by atoms with E-state index in [1.54, 1.807) is 48.7 Å². The summed E-state index contributed by atoms with van der Waals surface area (Å²) >= 11 is 6.12. The molecule has 1 aromatic heterocycles. The van der Waals surface area contributed by atoms with Gasteiger partial charge in [-0.05, 0) is 29.8 Å². The van der Waals surface area contributed by atoms with E-state index in [0.29, 0.717) is 16.9 Å². The van der Waals surface area contributed by atoms with Gasteiger partial charge in [0.2, 0.25) is 5.91 Å². The molecule has 7 heteroatoms. The Kier molecular flexibility index (Phi) is 4.63. The topological polar surface area (TPSA) is 79.4 Å². The number of carbonyl (C=O) groups excluding carboxylic acids is 3. The average Bonchev–Trinajstić information content (AvgIpc) is 2.80. The van der Waals surface area contributed by atoms with E-state index in [1.807, 2.05) is 0 Å². The Labute approximate surface area is 149 Å². The minimum Gasteiger partial charge on any atom is -0.326 e. The van der Waals surface area contributed by atoms with E-state index in [9.17, 15) is 14.4 Å². The number of benzene rings is 1. The summed E-state index contributed by atoms with van der Waals surface area (Å²) in [5, 5.41) is 2.52. The van der Waals surface area contributed by atoms with Crippen molar-refractivity contribution in [2.75, 3.05) is 5.32 Å². The summed E-state index contributed by atoms with van der Waals surface area (Å²) in [6.07, 6.45) is 1.59. The number of halogens is 1. The van der Waals surface area contributed by atoms with Gasteiger partial charge in [-0.3, -0.25) is 24.3 Å². The van der Waals surface area contributed by atoms with Gasteiger partial charge >= 0.3 is 0 Å². The number of nitrogens with zero attached hydrogens (tertiary/aromatic N) is 2. The van der Waals surface area contributed by atoms with Gasteiger partial charge in [0.05, 0.1) is 17.8 Å². The standard InChI is InChI=1S/C18H14ClN3O3/c1-11(23)21-13-7-5-12(6-8-13)15-16(19)18(25)22(17(15)24)10-14-4-2-3-9-20-14/h2-9H,10H2,1H3,(H,21,23). The van der Waals surface area contributed by atoms with E-state index in [4.69, 9.17) is 11.6 Å². The minimum absolute atomic E-state index is 0.0577. The van der Waals surface area contributed by atoms with Crippen molar-refractivity contribution in [3.8, 4) is 0 Å². The fraction of sp³-hybridized carbons (Fsp3) is 0.111. The molecule has 0 aliphatic carbocycles. The number of anilines is 1. The Balaban J connectivity index is 1.85. The zero-order valence-electron chi connectivity index (χ0n) is 13.3. The molecule has 0 fully saturated rings. The van der Waals surface area contributed by atoms with Crippen LogP contribution < -0.4 is 5.32 Å². The first kappa shape index (κ1) is 16.9. The lowest BCUT2D eigenvalue weighted by Crippen LogP contribution is -2.31. The highest BCUT2D eigenvalue weighted by atomic mass is 35.5. The summed E-state index contributed by atoms with van der Waals surface area (Å²) < 4.78 is 0. The fourth-order valence-corrected chi connectivity index (χ4v) is 2.81. The second-order valence-electron chi connectivity index (χ2n) is 5.47. The number of nitrogens with one attached hydrogen (secondary N) is 1. The molecule has 0 bridgehead atoms. The third-order valence-electron chi connectivity index (χ3n) is 3.65. The molecule has 6 nitrogen and oxygen atoms in total. The minimum atomic E-state index is -0.543. The van der Waals surface area contributed by atoms with Gasteiger partial charge in [-0.2, -0.15) is 0 Å². The lowest BCUT2D eigenvalue weighted by molar-refractivity contribution is -0.137. The first-order valence-electron chi connectivity index (χ1n) is 7.51. The summed E-state index contributed by atoms with van der Waals surface area (Å²) in [5.74, 6) is -1.20. The quantitative estimate of drug-likeness (QED) is 0.855. The number of rotatable bonds is 4. The molecular formula is C18H14ClN3O3. The maximum absolute atomic E-state index is 12.7. The summed E-state index contributed by atoms with van der Waals surface area (Å²) in [6, 6.07) is 11.8. The van der Waals surface area contributed by atoms with Crippen LogP contribution in [0.2, 0.25) is 0 Å². The average molecular weight is 356 g/mol. The van der Waals surface area contributed by atoms with Crippen LogP contribution >= 0.6 is 11.6 Å². The summed E-state index contributed by atoms with van der Waals surface area (Å²) in [7, 11) is 0. The van der Waals surface area contributed by atoms with Crippen LogP contribution in [-0.4, -0.2) is 27.6 Å². The van der Waals surface area contributed by atoms with Gasteiger partial charge < -0.3 is 5.32 Å². The molecule has 0 saturated carbocycles. The van der Waals surface area contributed by atoms with Crippen LogP contribution in [0.3, 0.4) is 0 Å². The van der Waals surface area contributed by atoms with Crippen LogP contribution in [0.15, 0.2) is 53.7 Å². The number of hydrogen-bond donors (Lipinski definition) is 1. The molecule has 126 valence electrons. The molecule has 1 aliphatic rings. The van der Waals surface area contributed by atoms with E-state index in [-0.39, 0.29) is 23.1 Å². The Bertz CT molecular complexity index is 876. The molecule has 2 aromatic rings. The number of amides is 3. The molecule has 1 aromatic carbocycles. The molecule has 3 rings (SSSR count). The Morgan fingerprint density at radius 1 is 1.12 bits per heavy atom. The maximum Gasteiger partial charge on any atom is 0.273 e. The van der Waals surface area contributed by atoms with Gasteiger partial charge in [-0.1, -0.05) is 29.8 Å². The highest BCUT2D eigenvalue weighted by Crippen LogP contribution is 2.32. The highest BCUT2D eigenvalue weighted by Gasteiger charge is 2.38. The zero-order chi connectivity index (χ0) is 18.0. The van der Waals surface area contributed by atoms with Crippen LogP contribution in [0.4, 0.5) is 5.69 Å². The predicted octanol–water partition coefficient (Wildman–Crippen LogP) is 2.56. The molecule has 0 spiro atoms. The number of aromatic nitrogens is 1. The molecular weight excluding hydrogens is 342 g/mol. The molecule has 0 radical (unpaired) electrons. The Morgan fingerprint density at radius 2 is 1.84 bits per heavy atom. The van der Waals surface area contributed by atoms with E-state index < -0.39 is 11.8 Å². The Morgan fingerprint density at radius 3 is 2.44 bits per heavy atom. The number of imide groups is 1. The lowest BCUT2D eigenvalue weighted by atomic mass is 10.1. The van der Waals surface area contributed by atoms with Gasteiger partial charge in [0.1, 0.15) is 5.03 Å². The summed E-state index contributed by atoms with van der Waals surface area (Å²) in [4.78, 5) is 41.3. The van der Waals surface area contributed by atoms with Crippen molar-refractivity contribution in [2.24, 2.45) is 0 Å². The van der Waals surface area contributed by atoms with Crippen LogP contribution in [0.1, 0.15) is 18.2 Å². The molecule has 0 unspecified atom stereocenters. The normalized spacial score (nSPS) is 14.2. The largest absolute Gasteiger partial charge is 0.326 e. The molecule has 1 N–H and O–H groups in total. The van der Waals surface area contributed by atoms with E-state index in [0.717, 1.165) is 4.90 Å². The van der Waals surface area contributed by atoms with Crippen molar-refractivity contribution in [1.29, 1.82) is 0 Å². The second-order valence-corrected chi connectivity index (χ2v) is 5.84. The predicted molar refractivity (Wildman–Crippen MR) is 93.3 cm³/mol. The maximum atomic E-state index is 12.7. The van der Waals surface area contributed by atoms with Crippen LogP contribution in [0.25, 0.3) is 5.57 Å². The van der Waals surface area contributed by atoms with Gasteiger partial charge in [0, 0.05) is 18.8 Å². The van der Waals surface area contributed by atoms with Crippen LogP contribution in [0.5, 0.6) is 0 Å². The number of hydrogen-bond acceptors (Lipinski definition) is 4. The fourth-order valence-electron chi connectivity index (χ4n) is 2.52. The molecule has 25 heavy (non-hydrogen) atoms. The van der Waals surface area contributed by atoms with E-state index >= 15 is 0 Å². The van der Waals surface area contributed by atoms with Gasteiger partial charge in [0.15, 0.2) is 0 Å². The van der Waals surface area contributed by atoms with Gasteiger partial charge in [0.25, 0.3) is 11.8 Å². The number of carbonyl (C=O) groups is 3. The van der Waals surface area contributed by atoms with Crippen molar-refractivity contribution in [2.45, 2.75) is 13.5 Å². The van der Waals surface area contributed by atoms with Crippen LogP contribution in [-0.2, 0) is 20.9 Å². The van der Waals surface area contributed by atoms with Crippen LogP contribution in [0, 0.1) is 0 Å².